The fraction of sp³-hybridized carbons (Fsp3) is 0.167. The van der Waals surface area contributed by atoms with Gasteiger partial charge in [-0.05, 0) is 195 Å². The van der Waals surface area contributed by atoms with Crippen molar-refractivity contribution < 1.29 is 120 Å². The number of benzene rings is 8. The van der Waals surface area contributed by atoms with Crippen LogP contribution in [-0.2, 0) is 99.6 Å². The number of hydrogen-bond acceptors (Lipinski definition) is 12. The Morgan fingerprint density at radius 3 is 0.973 bits per heavy atom. The number of ketones is 4. The zero-order valence-corrected chi connectivity index (χ0v) is 75.5. The minimum Gasteiger partial charge on any atom is -0.512 e. The predicted octanol–water partition coefficient (Wildman–Crippen LogP) is 23.5. The summed E-state index contributed by atoms with van der Waals surface area (Å²) in [7, 11) is 0. The Balaban J connectivity index is 0.000000664. The zero-order chi connectivity index (χ0) is 79.2. The van der Waals surface area contributed by atoms with Crippen LogP contribution in [0.3, 0.4) is 0 Å². The number of aliphatic hydroxyl groups excluding tert-OH is 4. The summed E-state index contributed by atoms with van der Waals surface area (Å²) >= 11 is 0. The minimum atomic E-state index is -0.125. The average Bonchev–Trinajstić information content (AvgIpc) is 0.464. The summed E-state index contributed by atoms with van der Waals surface area (Å²) in [6.45, 7) is 28.4. The van der Waals surface area contributed by atoms with Gasteiger partial charge in [0.2, 0.25) is 0 Å². The molecule has 16 heteroatoms. The van der Waals surface area contributed by atoms with Crippen molar-refractivity contribution >= 4 is 23.1 Å². The number of aliphatic hydroxyl groups is 4. The standard InChI is InChI=1S/C20H18N.2C19H16N.C18H14N.4C5H8O2.4Ir/c1-14-9-15(2)11-18(10-14)19-13-21-20(12-16(19)3)17-7-5-4-6-8-17;1-14-10-15(2)12-18(11-14)17-8-9-20-19(13-17)16-6-4-3-5-7-16;1-14-8-9-18(15(2)12-14)17-10-11-20-19(13-17)16-6-4-3-5-7-16;1-14-6-5-9-17(12-14)18-13-16(10-11-19-18)15-7-3-2-4-8-15;4*1-4(6)3-5(2)7;;;;/h4-7,9-13H,1-3H3;2*3-6,8-13H,1-2H3;2-8,10-13H,1H3;4*3,6H,1-2H3;;;;/q4*-1;;;;;;;;. The van der Waals surface area contributed by atoms with Gasteiger partial charge in [0.25, 0.3) is 0 Å². The third-order valence-corrected chi connectivity index (χ3v) is 15.1. The number of hydrogen-bond donors (Lipinski definition) is 4. The molecule has 588 valence electrons. The first kappa shape index (κ1) is 99.8. The van der Waals surface area contributed by atoms with Gasteiger partial charge in [-0.1, -0.05) is 144 Å². The number of aromatic nitrogens is 4. The molecule has 0 unspecified atom stereocenters. The molecule has 12 nitrogen and oxygen atoms in total. The molecule has 0 saturated heterocycles. The van der Waals surface area contributed by atoms with Crippen molar-refractivity contribution in [3.8, 4) is 89.5 Å². The smallest absolute Gasteiger partial charge is 0.155 e. The third kappa shape index (κ3) is 38.1. The van der Waals surface area contributed by atoms with E-state index in [4.69, 9.17) is 20.4 Å². The molecule has 0 atom stereocenters. The monoisotopic (exact) mass is 2200 g/mol. The van der Waals surface area contributed by atoms with Gasteiger partial charge in [-0.25, -0.2) is 0 Å². The quantitative estimate of drug-likeness (QED) is 0.0513. The molecule has 4 heterocycles. The summed E-state index contributed by atoms with van der Waals surface area (Å²) in [4.78, 5) is 58.0. The van der Waals surface area contributed by atoms with E-state index in [0.29, 0.717) is 0 Å². The Morgan fingerprint density at radius 1 is 0.277 bits per heavy atom. The second-order valence-corrected chi connectivity index (χ2v) is 25.8. The molecule has 12 rings (SSSR count). The molecular formula is C96H96Ir4N4O8-4. The molecule has 0 amide bonds. The third-order valence-electron chi connectivity index (χ3n) is 15.1. The number of pyridine rings is 4. The van der Waals surface area contributed by atoms with Crippen molar-refractivity contribution in [1.29, 1.82) is 0 Å². The largest absolute Gasteiger partial charge is 0.512 e. The zero-order valence-electron chi connectivity index (χ0n) is 65.9. The SMILES string of the molecule is CC(=O)C=C(C)O.CC(=O)C=C(C)O.CC(=O)C=C(C)O.CC(=O)C=C(C)O.Cc1cc(C)cc(-c2ccnc(-c3[c-]cccc3)c2)c1.Cc1cc(C)cc(-c2cnc(-c3[c-]cccc3)cc2C)c1.Cc1cc[c-]c(-c2cc(-c3ccccc3)ccn2)c1.Cc1ccc(-c2ccnc(-c3[c-]cccc3)c2)c(C)c1.[Ir].[Ir].[Ir].[Ir]. The van der Waals surface area contributed by atoms with Gasteiger partial charge in [0.05, 0.1) is 23.0 Å². The number of rotatable bonds is 12. The van der Waals surface area contributed by atoms with Crippen molar-refractivity contribution in [2.45, 2.75) is 111 Å². The average molecular weight is 2200 g/mol. The molecule has 8 aromatic carbocycles. The van der Waals surface area contributed by atoms with Crippen LogP contribution in [0, 0.1) is 79.7 Å². The maximum atomic E-state index is 10.0. The Labute approximate surface area is 716 Å². The van der Waals surface area contributed by atoms with E-state index in [2.05, 4.69) is 209 Å². The summed E-state index contributed by atoms with van der Waals surface area (Å²) in [6.07, 6.45) is 12.2. The molecule has 4 aromatic heterocycles. The molecule has 0 aliphatic rings. The molecule has 4 N–H and O–H groups in total. The summed E-state index contributed by atoms with van der Waals surface area (Å²) in [5.74, 6) is -0.250. The number of nitrogens with zero attached hydrogens (tertiary/aromatic N) is 4. The molecule has 0 spiro atoms. The number of aryl methyl sites for hydroxylation is 8. The fourth-order valence-electron chi connectivity index (χ4n) is 10.9. The molecule has 4 radical (unpaired) electrons. The molecule has 0 bridgehead atoms. The van der Waals surface area contributed by atoms with Crippen LogP contribution in [0.25, 0.3) is 89.5 Å². The van der Waals surface area contributed by atoms with Gasteiger partial charge < -0.3 is 40.4 Å². The molecule has 0 fully saturated rings. The van der Waals surface area contributed by atoms with Gasteiger partial charge in [0.15, 0.2) is 23.1 Å². The van der Waals surface area contributed by atoms with E-state index in [-0.39, 0.29) is 127 Å². The van der Waals surface area contributed by atoms with Gasteiger partial charge in [-0.3, -0.25) is 19.2 Å². The summed E-state index contributed by atoms with van der Waals surface area (Å²) in [6, 6.07) is 87.6. The van der Waals surface area contributed by atoms with Gasteiger partial charge in [0.1, 0.15) is 0 Å². The summed E-state index contributed by atoms with van der Waals surface area (Å²) < 4.78 is 0. The second kappa shape index (κ2) is 52.9. The maximum absolute atomic E-state index is 10.0. The van der Waals surface area contributed by atoms with Crippen LogP contribution in [0.2, 0.25) is 0 Å². The van der Waals surface area contributed by atoms with Crippen LogP contribution in [0.4, 0.5) is 0 Å². The van der Waals surface area contributed by atoms with E-state index in [1.165, 1.54) is 169 Å². The van der Waals surface area contributed by atoms with E-state index in [1.54, 1.807) is 0 Å². The topological polar surface area (TPSA) is 201 Å². The molecule has 12 aromatic rings. The van der Waals surface area contributed by atoms with Gasteiger partial charge in [0, 0.05) is 135 Å². The van der Waals surface area contributed by atoms with Crippen molar-refractivity contribution in [2.75, 3.05) is 0 Å². The molecule has 0 saturated carbocycles. The van der Waals surface area contributed by atoms with Gasteiger partial charge >= 0.3 is 0 Å². The minimum absolute atomic E-state index is 0. The number of allylic oxidation sites excluding steroid dienone is 8. The van der Waals surface area contributed by atoms with E-state index >= 15 is 0 Å². The molecule has 0 aliphatic heterocycles. The van der Waals surface area contributed by atoms with Crippen molar-refractivity contribution in [2.24, 2.45) is 0 Å². The Morgan fingerprint density at radius 2 is 0.616 bits per heavy atom. The van der Waals surface area contributed by atoms with Crippen LogP contribution in [-0.4, -0.2) is 63.5 Å². The van der Waals surface area contributed by atoms with Crippen molar-refractivity contribution in [3.63, 3.8) is 0 Å². The van der Waals surface area contributed by atoms with Crippen molar-refractivity contribution in [1.82, 2.24) is 19.9 Å². The van der Waals surface area contributed by atoms with Crippen LogP contribution in [0.1, 0.15) is 99.9 Å². The van der Waals surface area contributed by atoms with Crippen LogP contribution in [0.5, 0.6) is 0 Å². The fourth-order valence-corrected chi connectivity index (χ4v) is 10.9. The van der Waals surface area contributed by atoms with Gasteiger partial charge in [-0.15, -0.1) is 143 Å². The van der Waals surface area contributed by atoms with Crippen LogP contribution >= 0.6 is 0 Å². The van der Waals surface area contributed by atoms with Crippen molar-refractivity contribution in [3.05, 3.63) is 359 Å². The first-order valence-corrected chi connectivity index (χ1v) is 35.0. The van der Waals surface area contributed by atoms with E-state index in [0.717, 1.165) is 45.0 Å². The molecular weight excluding hydrogens is 2110 g/mol. The van der Waals surface area contributed by atoms with Crippen LogP contribution < -0.4 is 0 Å². The number of carbonyl (C=O) groups is 4. The van der Waals surface area contributed by atoms with Crippen LogP contribution in [0.15, 0.2) is 291 Å². The first-order valence-electron chi connectivity index (χ1n) is 35.0. The normalized spacial score (nSPS) is 10.4. The first-order chi connectivity index (χ1) is 51.4. The number of carbonyl (C=O) groups excluding carboxylic acids is 4. The van der Waals surface area contributed by atoms with E-state index < -0.39 is 0 Å². The van der Waals surface area contributed by atoms with Gasteiger partial charge in [-0.2, -0.15) is 0 Å². The second-order valence-electron chi connectivity index (χ2n) is 25.8. The molecule has 112 heavy (non-hydrogen) atoms. The Hall–Kier alpha value is -10.2. The predicted molar refractivity (Wildman–Crippen MR) is 442 cm³/mol. The van der Waals surface area contributed by atoms with E-state index in [9.17, 15) is 19.2 Å². The van der Waals surface area contributed by atoms with E-state index in [1.807, 2.05) is 134 Å². The molecule has 0 aliphatic carbocycles. The maximum Gasteiger partial charge on any atom is 0.155 e. The summed E-state index contributed by atoms with van der Waals surface area (Å²) in [5.41, 5.74) is 27.9. The Bertz CT molecular complexity index is 4900. The Kier molecular flexibility index (Phi) is 47.1. The summed E-state index contributed by atoms with van der Waals surface area (Å²) in [5, 5.41) is 33.5.